The molecule has 0 aliphatic heterocycles. The summed E-state index contributed by atoms with van der Waals surface area (Å²) in [6.45, 7) is 2.03. The summed E-state index contributed by atoms with van der Waals surface area (Å²) in [4.78, 5) is 34.6. The number of Topliss-reactive ketones (excluding diaryl/α,β-unsaturated/α-hetero) is 1. The molecular formula is C19H23ClN6O3. The van der Waals surface area contributed by atoms with E-state index in [4.69, 9.17) is 27.8 Å². The number of aryl methyl sites for hydroxylation is 1. The van der Waals surface area contributed by atoms with Crippen molar-refractivity contribution in [2.45, 2.75) is 26.2 Å². The topological polar surface area (TPSA) is 146 Å². The highest BCUT2D eigenvalue weighted by molar-refractivity contribution is 6.31. The van der Waals surface area contributed by atoms with Crippen LogP contribution in [-0.4, -0.2) is 40.8 Å². The predicted molar refractivity (Wildman–Crippen MR) is 111 cm³/mol. The van der Waals surface area contributed by atoms with Gasteiger partial charge in [-0.1, -0.05) is 23.7 Å². The first kappa shape index (κ1) is 22.1. The van der Waals surface area contributed by atoms with Gasteiger partial charge in [0, 0.05) is 6.54 Å². The van der Waals surface area contributed by atoms with Gasteiger partial charge in [-0.05, 0) is 43.9 Å². The standard InChI is InChI=1S/C19H23ClN6O3/c1-12(27)11-29-14-7-5-13(6-8-14)4-2-3-9-23-19(22)26-18(28)15-10-24-17(21)16(20)25-15/h5-8,10H,2-4,9,11H2,1H3,(H2,21,24)(H3,22,23,26,28). The van der Waals surface area contributed by atoms with Crippen LogP contribution in [0.4, 0.5) is 5.82 Å². The van der Waals surface area contributed by atoms with Gasteiger partial charge in [-0.25, -0.2) is 9.97 Å². The molecule has 0 aliphatic rings. The van der Waals surface area contributed by atoms with Gasteiger partial charge in [-0.3, -0.25) is 19.9 Å². The Bertz CT molecular complexity index is 886. The third-order valence-electron chi connectivity index (χ3n) is 3.75. The molecule has 9 nitrogen and oxygen atoms in total. The number of benzene rings is 1. The van der Waals surface area contributed by atoms with E-state index >= 15 is 0 Å². The first-order chi connectivity index (χ1) is 13.8. The maximum absolute atomic E-state index is 12.0. The lowest BCUT2D eigenvalue weighted by molar-refractivity contribution is -0.118. The number of rotatable bonds is 9. The third-order valence-corrected chi connectivity index (χ3v) is 4.03. The van der Waals surface area contributed by atoms with Crippen LogP contribution in [0.3, 0.4) is 0 Å². The van der Waals surface area contributed by atoms with Gasteiger partial charge in [0.1, 0.15) is 18.1 Å². The Balaban J connectivity index is 1.70. The van der Waals surface area contributed by atoms with Crippen LogP contribution in [0.1, 0.15) is 35.8 Å². The van der Waals surface area contributed by atoms with Crippen molar-refractivity contribution in [3.05, 3.63) is 46.9 Å². The molecule has 1 aromatic heterocycles. The average molecular weight is 419 g/mol. The molecule has 1 heterocycles. The Morgan fingerprint density at radius 2 is 1.97 bits per heavy atom. The molecule has 2 rings (SSSR count). The molecule has 5 N–H and O–H groups in total. The molecule has 0 atom stereocenters. The van der Waals surface area contributed by atoms with Crippen molar-refractivity contribution in [3.8, 4) is 5.75 Å². The molecule has 0 spiro atoms. The Hall–Kier alpha value is -3.20. The molecule has 0 aliphatic carbocycles. The Morgan fingerprint density at radius 1 is 1.24 bits per heavy atom. The summed E-state index contributed by atoms with van der Waals surface area (Å²) in [5.74, 6) is 0.131. The second-order valence-electron chi connectivity index (χ2n) is 6.24. The minimum absolute atomic E-state index is 0.00178. The highest BCUT2D eigenvalue weighted by atomic mass is 35.5. The molecule has 0 fully saturated rings. The number of hydrogen-bond donors (Lipinski definition) is 3. The van der Waals surface area contributed by atoms with Gasteiger partial charge in [0.15, 0.2) is 22.7 Å². The molecule has 154 valence electrons. The van der Waals surface area contributed by atoms with E-state index in [2.05, 4.69) is 20.3 Å². The van der Waals surface area contributed by atoms with E-state index in [1.54, 1.807) is 0 Å². The number of carbonyl (C=O) groups excluding carboxylic acids is 2. The number of aromatic nitrogens is 2. The second kappa shape index (κ2) is 11.0. The summed E-state index contributed by atoms with van der Waals surface area (Å²) in [5, 5.41) is 2.38. The normalized spacial score (nSPS) is 11.2. The zero-order valence-corrected chi connectivity index (χ0v) is 16.8. The summed E-state index contributed by atoms with van der Waals surface area (Å²) < 4.78 is 5.33. The molecule has 0 unspecified atom stereocenters. The van der Waals surface area contributed by atoms with E-state index in [0.717, 1.165) is 24.8 Å². The first-order valence-electron chi connectivity index (χ1n) is 8.95. The lowest BCUT2D eigenvalue weighted by atomic mass is 10.1. The SMILES string of the molecule is CC(=O)COc1ccc(CCCCN=C(N)NC(=O)c2cnc(N)c(Cl)n2)cc1. The number of guanidine groups is 1. The summed E-state index contributed by atoms with van der Waals surface area (Å²) in [6.07, 6.45) is 3.78. The number of nitrogen functional groups attached to an aromatic ring is 1. The number of carbonyl (C=O) groups is 2. The number of nitrogens with one attached hydrogen (secondary N) is 1. The minimum atomic E-state index is -0.562. The zero-order chi connectivity index (χ0) is 21.2. The number of ketones is 1. The molecule has 1 aromatic carbocycles. The molecule has 10 heteroatoms. The molecule has 0 saturated carbocycles. The van der Waals surface area contributed by atoms with Crippen LogP contribution in [0, 0.1) is 0 Å². The van der Waals surface area contributed by atoms with Crippen LogP contribution in [0.2, 0.25) is 5.15 Å². The predicted octanol–water partition coefficient (Wildman–Crippen LogP) is 1.75. The van der Waals surface area contributed by atoms with Gasteiger partial charge in [-0.15, -0.1) is 0 Å². The Morgan fingerprint density at radius 3 is 2.62 bits per heavy atom. The highest BCUT2D eigenvalue weighted by Gasteiger charge is 2.11. The van der Waals surface area contributed by atoms with Gasteiger partial charge in [0.05, 0.1) is 6.20 Å². The van der Waals surface area contributed by atoms with Gasteiger partial charge in [-0.2, -0.15) is 0 Å². The maximum Gasteiger partial charge on any atom is 0.278 e. The van der Waals surface area contributed by atoms with Gasteiger partial charge >= 0.3 is 0 Å². The van der Waals surface area contributed by atoms with E-state index in [1.807, 2.05) is 24.3 Å². The highest BCUT2D eigenvalue weighted by Crippen LogP contribution is 2.14. The summed E-state index contributed by atoms with van der Waals surface area (Å²) in [5.41, 5.74) is 12.3. The zero-order valence-electron chi connectivity index (χ0n) is 16.0. The van der Waals surface area contributed by atoms with Crippen LogP contribution in [0.25, 0.3) is 0 Å². The summed E-state index contributed by atoms with van der Waals surface area (Å²) in [7, 11) is 0. The number of ether oxygens (including phenoxy) is 1. The molecule has 0 radical (unpaired) electrons. The molecule has 0 bridgehead atoms. The van der Waals surface area contributed by atoms with E-state index in [-0.39, 0.29) is 35.0 Å². The summed E-state index contributed by atoms with van der Waals surface area (Å²) in [6, 6.07) is 7.62. The quantitative estimate of drug-likeness (QED) is 0.319. The van der Waals surface area contributed by atoms with Crippen molar-refractivity contribution < 1.29 is 14.3 Å². The van der Waals surface area contributed by atoms with Crippen LogP contribution in [0.15, 0.2) is 35.5 Å². The van der Waals surface area contributed by atoms with Gasteiger partial charge in [0.25, 0.3) is 5.91 Å². The largest absolute Gasteiger partial charge is 0.486 e. The number of aliphatic imine (C=N–C) groups is 1. The fraction of sp³-hybridized carbons (Fsp3) is 0.316. The Kier molecular flexibility index (Phi) is 8.35. The molecular weight excluding hydrogens is 396 g/mol. The molecule has 2 aromatic rings. The van der Waals surface area contributed by atoms with Crippen LogP contribution >= 0.6 is 11.6 Å². The van der Waals surface area contributed by atoms with E-state index in [0.29, 0.717) is 12.3 Å². The lowest BCUT2D eigenvalue weighted by Crippen LogP contribution is -2.37. The second-order valence-corrected chi connectivity index (χ2v) is 6.60. The van der Waals surface area contributed by atoms with E-state index in [9.17, 15) is 9.59 Å². The van der Waals surface area contributed by atoms with Crippen molar-refractivity contribution in [1.82, 2.24) is 15.3 Å². The van der Waals surface area contributed by atoms with Crippen molar-refractivity contribution in [3.63, 3.8) is 0 Å². The number of nitrogens with two attached hydrogens (primary N) is 2. The lowest BCUT2D eigenvalue weighted by Gasteiger charge is -2.06. The van der Waals surface area contributed by atoms with Crippen LogP contribution in [0.5, 0.6) is 5.75 Å². The van der Waals surface area contributed by atoms with E-state index < -0.39 is 5.91 Å². The smallest absolute Gasteiger partial charge is 0.278 e. The number of amides is 1. The van der Waals surface area contributed by atoms with Crippen LogP contribution < -0.4 is 21.5 Å². The van der Waals surface area contributed by atoms with Gasteiger partial charge < -0.3 is 16.2 Å². The number of anilines is 1. The number of hydrogen-bond acceptors (Lipinski definition) is 7. The van der Waals surface area contributed by atoms with Crippen molar-refractivity contribution in [2.75, 3.05) is 18.9 Å². The fourth-order valence-corrected chi connectivity index (χ4v) is 2.42. The third kappa shape index (κ3) is 7.74. The van der Waals surface area contributed by atoms with E-state index in [1.165, 1.54) is 13.1 Å². The van der Waals surface area contributed by atoms with Crippen LogP contribution in [-0.2, 0) is 11.2 Å². The number of halogens is 1. The first-order valence-corrected chi connectivity index (χ1v) is 9.33. The summed E-state index contributed by atoms with van der Waals surface area (Å²) >= 11 is 5.74. The fourth-order valence-electron chi connectivity index (χ4n) is 2.28. The molecule has 0 saturated heterocycles. The number of nitrogens with zero attached hydrogens (tertiary/aromatic N) is 3. The average Bonchev–Trinajstić information content (AvgIpc) is 2.69. The maximum atomic E-state index is 12.0. The van der Waals surface area contributed by atoms with Crippen molar-refractivity contribution in [1.29, 1.82) is 0 Å². The van der Waals surface area contributed by atoms with Crippen molar-refractivity contribution in [2.24, 2.45) is 10.7 Å². The molecule has 29 heavy (non-hydrogen) atoms. The Labute approximate surface area is 173 Å². The minimum Gasteiger partial charge on any atom is -0.486 e. The number of unbranched alkanes of at least 4 members (excludes halogenated alkanes) is 1. The van der Waals surface area contributed by atoms with Crippen molar-refractivity contribution >= 4 is 35.1 Å². The molecule has 1 amide bonds. The van der Waals surface area contributed by atoms with Gasteiger partial charge in [0.2, 0.25) is 0 Å². The monoisotopic (exact) mass is 418 g/mol.